The number of rotatable bonds is 7. The van der Waals surface area contributed by atoms with Gasteiger partial charge in [0.15, 0.2) is 0 Å². The summed E-state index contributed by atoms with van der Waals surface area (Å²) in [6.45, 7) is 1.85. The van der Waals surface area contributed by atoms with E-state index in [1.165, 1.54) is 0 Å². The first-order valence-electron chi connectivity index (χ1n) is 5.50. The number of carbonyl (C=O) groups is 1. The molecular formula is C13H15NO4. The fraction of sp³-hybridized carbons (Fsp3) is 0.308. The summed E-state index contributed by atoms with van der Waals surface area (Å²) >= 11 is 0. The number of carbonyl (C=O) groups excluding carboxylic acids is 1. The molecule has 1 rings (SSSR count). The fourth-order valence-corrected chi connectivity index (χ4v) is 1.38. The number of benzene rings is 1. The van der Waals surface area contributed by atoms with E-state index in [1.54, 1.807) is 12.9 Å². The Morgan fingerprint density at radius 2 is 2.17 bits per heavy atom. The number of aliphatic carboxylic acids is 1. The molecule has 0 amide bonds. The van der Waals surface area contributed by atoms with Crippen molar-refractivity contribution < 1.29 is 19.5 Å². The molecule has 2 atom stereocenters. The third-order valence-corrected chi connectivity index (χ3v) is 2.41. The van der Waals surface area contributed by atoms with Gasteiger partial charge in [0.1, 0.15) is 12.0 Å². The molecule has 0 saturated carbocycles. The molecule has 0 aliphatic rings. The Morgan fingerprint density at radius 3 is 2.72 bits per heavy atom. The molecule has 0 radical (unpaired) electrons. The highest BCUT2D eigenvalue weighted by molar-refractivity contribution is 5.74. The third-order valence-electron chi connectivity index (χ3n) is 2.41. The van der Waals surface area contributed by atoms with Crippen molar-refractivity contribution >= 4 is 11.9 Å². The molecule has 0 spiro atoms. The topological polar surface area (TPSA) is 75.6 Å². The second-order valence-corrected chi connectivity index (χ2v) is 3.85. The summed E-state index contributed by atoms with van der Waals surface area (Å²) in [4.78, 5) is 26.3. The van der Waals surface area contributed by atoms with E-state index < -0.39 is 17.9 Å². The van der Waals surface area contributed by atoms with Gasteiger partial charge in [-0.3, -0.25) is 9.63 Å². The number of carboxylic acid groups (broad SMARTS) is 1. The summed E-state index contributed by atoms with van der Waals surface area (Å²) in [7, 11) is 0. The van der Waals surface area contributed by atoms with E-state index >= 15 is 0 Å². The van der Waals surface area contributed by atoms with E-state index in [9.17, 15) is 9.59 Å². The largest absolute Gasteiger partial charge is 0.480 e. The third kappa shape index (κ3) is 4.51. The van der Waals surface area contributed by atoms with Gasteiger partial charge in [-0.2, -0.15) is 5.48 Å². The van der Waals surface area contributed by atoms with Crippen LogP contribution in [0.25, 0.3) is 0 Å². The quantitative estimate of drug-likeness (QED) is 0.560. The number of hydrogen-bond acceptors (Lipinski definition) is 4. The lowest BCUT2D eigenvalue weighted by Gasteiger charge is -2.17. The van der Waals surface area contributed by atoms with Gasteiger partial charge >= 0.3 is 5.97 Å². The fourth-order valence-electron chi connectivity index (χ4n) is 1.38. The SMILES string of the molecule is CC(C=C=O)[C@H](NOCc1ccccc1)C(=O)O. The van der Waals surface area contributed by atoms with E-state index in [2.05, 4.69) is 5.48 Å². The van der Waals surface area contributed by atoms with Crippen molar-refractivity contribution in [2.75, 3.05) is 0 Å². The Balaban J connectivity index is 2.48. The second-order valence-electron chi connectivity index (χ2n) is 3.85. The molecule has 0 heterocycles. The molecule has 0 aromatic heterocycles. The molecule has 18 heavy (non-hydrogen) atoms. The summed E-state index contributed by atoms with van der Waals surface area (Å²) in [5, 5.41) is 8.98. The molecule has 1 aromatic carbocycles. The van der Waals surface area contributed by atoms with Crippen LogP contribution >= 0.6 is 0 Å². The summed E-state index contributed by atoms with van der Waals surface area (Å²) in [6, 6.07) is 8.37. The average Bonchev–Trinajstić information content (AvgIpc) is 2.35. The van der Waals surface area contributed by atoms with E-state index in [0.717, 1.165) is 11.6 Å². The summed E-state index contributed by atoms with van der Waals surface area (Å²) in [6.07, 6.45) is 1.15. The van der Waals surface area contributed by atoms with Gasteiger partial charge in [0, 0.05) is 12.0 Å². The highest BCUT2D eigenvalue weighted by Gasteiger charge is 2.23. The summed E-state index contributed by atoms with van der Waals surface area (Å²) < 4.78 is 0. The van der Waals surface area contributed by atoms with Crippen LogP contribution in [0, 0.1) is 5.92 Å². The van der Waals surface area contributed by atoms with Crippen molar-refractivity contribution in [1.82, 2.24) is 5.48 Å². The lowest BCUT2D eigenvalue weighted by molar-refractivity contribution is -0.146. The van der Waals surface area contributed by atoms with Gasteiger partial charge in [-0.1, -0.05) is 37.3 Å². The van der Waals surface area contributed by atoms with Gasteiger partial charge in [-0.15, -0.1) is 0 Å². The molecule has 0 aliphatic carbocycles. The molecule has 0 bridgehead atoms. The maximum atomic E-state index is 11.0. The zero-order chi connectivity index (χ0) is 13.4. The van der Waals surface area contributed by atoms with Crippen molar-refractivity contribution in [2.45, 2.75) is 19.6 Å². The standard InChI is InChI=1S/C13H15NO4/c1-10(7-8-15)12(13(16)17)14-18-9-11-5-3-2-4-6-11/h2-7,10,12,14H,9H2,1H3,(H,16,17)/t10?,12-/m0/s1. The van der Waals surface area contributed by atoms with Gasteiger partial charge in [-0.05, 0) is 5.56 Å². The minimum atomic E-state index is -1.08. The van der Waals surface area contributed by atoms with Crippen LogP contribution in [0.15, 0.2) is 36.4 Å². The van der Waals surface area contributed by atoms with Crippen LogP contribution in [0.2, 0.25) is 0 Å². The van der Waals surface area contributed by atoms with E-state index in [1.807, 2.05) is 30.3 Å². The lowest BCUT2D eigenvalue weighted by atomic mass is 10.0. The van der Waals surface area contributed by atoms with E-state index in [0.29, 0.717) is 0 Å². The van der Waals surface area contributed by atoms with Crippen LogP contribution in [0.4, 0.5) is 0 Å². The van der Waals surface area contributed by atoms with Crippen molar-refractivity contribution in [2.24, 2.45) is 5.92 Å². The van der Waals surface area contributed by atoms with Crippen LogP contribution in [0.1, 0.15) is 12.5 Å². The maximum absolute atomic E-state index is 11.0. The van der Waals surface area contributed by atoms with Crippen molar-refractivity contribution in [1.29, 1.82) is 0 Å². The minimum Gasteiger partial charge on any atom is -0.480 e. The number of nitrogens with one attached hydrogen (secondary N) is 1. The van der Waals surface area contributed by atoms with Crippen LogP contribution in [-0.2, 0) is 21.0 Å². The Bertz CT molecular complexity index is 426. The van der Waals surface area contributed by atoms with Crippen molar-refractivity contribution in [3.05, 3.63) is 42.0 Å². The monoisotopic (exact) mass is 249 g/mol. The van der Waals surface area contributed by atoms with E-state index in [-0.39, 0.29) is 6.61 Å². The molecule has 96 valence electrons. The normalized spacial score (nSPS) is 13.4. The Morgan fingerprint density at radius 1 is 1.50 bits per heavy atom. The molecule has 2 N–H and O–H groups in total. The summed E-state index contributed by atoms with van der Waals surface area (Å²) in [5.74, 6) is -0.00830. The van der Waals surface area contributed by atoms with Crippen molar-refractivity contribution in [3.63, 3.8) is 0 Å². The molecule has 1 unspecified atom stereocenters. The number of hydrogen-bond donors (Lipinski definition) is 2. The number of hydroxylamine groups is 1. The van der Waals surface area contributed by atoms with Crippen LogP contribution in [0.5, 0.6) is 0 Å². The van der Waals surface area contributed by atoms with Crippen molar-refractivity contribution in [3.8, 4) is 0 Å². The Kier molecular flexibility index (Phi) is 5.80. The molecule has 5 nitrogen and oxygen atoms in total. The Labute approximate surface area is 105 Å². The van der Waals surface area contributed by atoms with Crippen LogP contribution < -0.4 is 5.48 Å². The van der Waals surface area contributed by atoms with Gasteiger partial charge < -0.3 is 5.11 Å². The zero-order valence-corrected chi connectivity index (χ0v) is 10.00. The maximum Gasteiger partial charge on any atom is 0.323 e. The first-order valence-corrected chi connectivity index (χ1v) is 5.50. The first-order chi connectivity index (χ1) is 8.65. The molecule has 5 heteroatoms. The van der Waals surface area contributed by atoms with Gasteiger partial charge in [0.05, 0.1) is 6.61 Å². The van der Waals surface area contributed by atoms with Crippen LogP contribution in [-0.4, -0.2) is 23.1 Å². The first kappa shape index (κ1) is 14.1. The molecule has 1 aromatic rings. The average molecular weight is 249 g/mol. The predicted octanol–water partition coefficient (Wildman–Crippen LogP) is 1.18. The highest BCUT2D eigenvalue weighted by atomic mass is 16.6. The second kappa shape index (κ2) is 7.40. The number of carboxylic acids is 1. The molecular weight excluding hydrogens is 234 g/mol. The molecule has 0 aliphatic heterocycles. The predicted molar refractivity (Wildman–Crippen MR) is 65.2 cm³/mol. The van der Waals surface area contributed by atoms with Gasteiger partial charge in [0.2, 0.25) is 0 Å². The summed E-state index contributed by atoms with van der Waals surface area (Å²) in [5.41, 5.74) is 3.37. The lowest BCUT2D eigenvalue weighted by Crippen LogP contribution is -2.41. The van der Waals surface area contributed by atoms with Crippen LogP contribution in [0.3, 0.4) is 0 Å². The van der Waals surface area contributed by atoms with E-state index in [4.69, 9.17) is 9.94 Å². The Hall–Kier alpha value is -1.94. The molecule has 0 fully saturated rings. The smallest absolute Gasteiger partial charge is 0.323 e. The van der Waals surface area contributed by atoms with Gasteiger partial charge in [-0.25, -0.2) is 4.79 Å². The molecule has 0 saturated heterocycles. The zero-order valence-electron chi connectivity index (χ0n) is 10.00. The highest BCUT2D eigenvalue weighted by Crippen LogP contribution is 2.05. The van der Waals surface area contributed by atoms with Gasteiger partial charge in [0.25, 0.3) is 0 Å². The minimum absolute atomic E-state index is 0.252.